The number of halogens is 4. The molecule has 0 amide bonds. The van der Waals surface area contributed by atoms with Gasteiger partial charge in [-0.1, -0.05) is 41.9 Å². The molecule has 2 aromatic heterocycles. The van der Waals surface area contributed by atoms with Gasteiger partial charge in [-0.3, -0.25) is 0 Å². The number of alkyl halides is 3. The first-order valence-corrected chi connectivity index (χ1v) is 12.4. The van der Waals surface area contributed by atoms with Crippen molar-refractivity contribution >= 4 is 33.8 Å². The first-order valence-electron chi connectivity index (χ1n) is 10.9. The van der Waals surface area contributed by atoms with Gasteiger partial charge in [0.1, 0.15) is 28.1 Å². The highest BCUT2D eigenvalue weighted by atomic mass is 35.5. The quantitative estimate of drug-likeness (QED) is 0.323. The zero-order chi connectivity index (χ0) is 24.6. The molecule has 11 heteroatoms. The number of rotatable bonds is 5. The Morgan fingerprint density at radius 3 is 2.46 bits per heavy atom. The van der Waals surface area contributed by atoms with Gasteiger partial charge >= 0.3 is 6.36 Å². The van der Waals surface area contributed by atoms with E-state index in [0.29, 0.717) is 30.8 Å². The summed E-state index contributed by atoms with van der Waals surface area (Å²) in [5.41, 5.74) is 2.61. The number of imidazole rings is 1. The molecule has 5 rings (SSSR count). The van der Waals surface area contributed by atoms with E-state index < -0.39 is 23.1 Å². The summed E-state index contributed by atoms with van der Waals surface area (Å²) in [4.78, 5) is 9.71. The number of hydrogen-bond acceptors (Lipinski definition) is 4. The number of ether oxygens (including phenoxy) is 1. The lowest BCUT2D eigenvalue weighted by Crippen LogP contribution is -2.36. The first-order chi connectivity index (χ1) is 16.8. The molecule has 0 N–H and O–H groups in total. The Labute approximate surface area is 206 Å². The van der Waals surface area contributed by atoms with Gasteiger partial charge in [-0.15, -0.1) is 13.2 Å². The highest BCUT2D eigenvalue weighted by molar-refractivity contribution is 7.82. The van der Waals surface area contributed by atoms with Crippen LogP contribution in [-0.4, -0.2) is 42.5 Å². The lowest BCUT2D eigenvalue weighted by atomic mass is 10.1. The molecule has 6 nitrogen and oxygen atoms in total. The molecule has 2 aromatic carbocycles. The van der Waals surface area contributed by atoms with Crippen molar-refractivity contribution in [2.75, 3.05) is 13.1 Å². The van der Waals surface area contributed by atoms with E-state index in [-0.39, 0.29) is 11.1 Å². The summed E-state index contributed by atoms with van der Waals surface area (Å²) in [7, 11) is -1.57. The van der Waals surface area contributed by atoms with Crippen LogP contribution in [0.1, 0.15) is 18.9 Å². The van der Waals surface area contributed by atoms with E-state index in [2.05, 4.69) is 14.3 Å². The van der Waals surface area contributed by atoms with E-state index in [9.17, 15) is 17.4 Å². The maximum Gasteiger partial charge on any atom is 0.573 e. The molecule has 1 unspecified atom stereocenters. The van der Waals surface area contributed by atoms with Gasteiger partial charge in [0.05, 0.1) is 9.92 Å². The van der Waals surface area contributed by atoms with Crippen LogP contribution in [-0.2, 0) is 11.0 Å². The largest absolute Gasteiger partial charge is 0.573 e. The van der Waals surface area contributed by atoms with E-state index in [1.807, 2.05) is 42.5 Å². The summed E-state index contributed by atoms with van der Waals surface area (Å²) >= 11 is 5.95. The lowest BCUT2D eigenvalue weighted by Gasteiger charge is -2.32. The summed E-state index contributed by atoms with van der Waals surface area (Å²) in [6.45, 7) is 1.05. The van der Waals surface area contributed by atoms with Gasteiger partial charge in [-0.05, 0) is 43.2 Å². The molecule has 1 aliphatic heterocycles. The summed E-state index contributed by atoms with van der Waals surface area (Å²) in [5.74, 6) is 0.317. The second-order valence-electron chi connectivity index (χ2n) is 8.07. The van der Waals surface area contributed by atoms with E-state index >= 15 is 0 Å². The SMILES string of the molecule is O=S(c1ccc(OC(F)(F)F)c(Cl)c1)N1CCC(n2c(-c3ccccc3)nc3cccnc32)CC1. The molecule has 0 bridgehead atoms. The summed E-state index contributed by atoms with van der Waals surface area (Å²) in [5, 5.41) is -0.244. The van der Waals surface area contributed by atoms with Gasteiger partial charge in [0.25, 0.3) is 0 Å². The molecule has 4 aromatic rings. The van der Waals surface area contributed by atoms with Crippen LogP contribution in [0.4, 0.5) is 13.2 Å². The minimum atomic E-state index is -4.85. The van der Waals surface area contributed by atoms with E-state index in [4.69, 9.17) is 16.6 Å². The third-order valence-electron chi connectivity index (χ3n) is 5.83. The molecule has 1 atom stereocenters. The van der Waals surface area contributed by atoms with Gasteiger partial charge in [0, 0.05) is 30.9 Å². The Morgan fingerprint density at radius 1 is 1.03 bits per heavy atom. The van der Waals surface area contributed by atoms with Crippen molar-refractivity contribution < 1.29 is 22.1 Å². The molecule has 0 saturated carbocycles. The Kier molecular flexibility index (Phi) is 6.52. The fraction of sp³-hybridized carbons (Fsp3) is 0.250. The number of nitrogens with zero attached hydrogens (tertiary/aromatic N) is 4. The first kappa shape index (κ1) is 23.8. The second kappa shape index (κ2) is 9.60. The van der Waals surface area contributed by atoms with Crippen molar-refractivity contribution in [3.05, 3.63) is 71.9 Å². The van der Waals surface area contributed by atoms with Crippen LogP contribution >= 0.6 is 11.6 Å². The van der Waals surface area contributed by atoms with Gasteiger partial charge in [-0.2, -0.15) is 0 Å². The fourth-order valence-electron chi connectivity index (χ4n) is 4.28. The molecule has 0 aliphatic carbocycles. The standard InChI is InChI=1S/C24H20ClF3N4O2S/c25-19-15-18(8-9-21(19)34-24(26,27)28)35(33)31-13-10-17(11-14-31)32-22(16-5-2-1-3-6-16)30-20-7-4-12-29-23(20)32/h1-9,12,15,17H,10-11,13-14H2. The minimum Gasteiger partial charge on any atom is -0.404 e. The maximum absolute atomic E-state index is 13.1. The third-order valence-corrected chi connectivity index (χ3v) is 7.62. The van der Waals surface area contributed by atoms with E-state index in [0.717, 1.165) is 28.6 Å². The van der Waals surface area contributed by atoms with Gasteiger partial charge < -0.3 is 9.30 Å². The predicted molar refractivity (Wildman–Crippen MR) is 127 cm³/mol. The molecule has 1 saturated heterocycles. The number of hydrogen-bond donors (Lipinski definition) is 0. The molecule has 1 fully saturated rings. The summed E-state index contributed by atoms with van der Waals surface area (Å²) < 4.78 is 58.5. The average Bonchev–Trinajstić information content (AvgIpc) is 3.24. The smallest absolute Gasteiger partial charge is 0.404 e. The van der Waals surface area contributed by atoms with E-state index in [1.54, 1.807) is 10.5 Å². The van der Waals surface area contributed by atoms with Crippen molar-refractivity contribution in [2.24, 2.45) is 0 Å². The highest BCUT2D eigenvalue weighted by Crippen LogP contribution is 2.35. The molecule has 0 spiro atoms. The van der Waals surface area contributed by atoms with Crippen molar-refractivity contribution in [1.82, 2.24) is 18.8 Å². The maximum atomic E-state index is 13.1. The van der Waals surface area contributed by atoms with Crippen molar-refractivity contribution in [3.8, 4) is 17.1 Å². The molecular weight excluding hydrogens is 501 g/mol. The molecule has 182 valence electrons. The Balaban J connectivity index is 1.35. The minimum absolute atomic E-state index is 0.101. The molecule has 1 aliphatic rings. The van der Waals surface area contributed by atoms with Crippen LogP contribution in [0.25, 0.3) is 22.6 Å². The van der Waals surface area contributed by atoms with Crippen molar-refractivity contribution in [1.29, 1.82) is 0 Å². The van der Waals surface area contributed by atoms with Gasteiger partial charge in [-0.25, -0.2) is 18.5 Å². The van der Waals surface area contributed by atoms with Crippen molar-refractivity contribution in [3.63, 3.8) is 0 Å². The van der Waals surface area contributed by atoms with E-state index in [1.165, 1.54) is 12.1 Å². The fourth-order valence-corrected chi connectivity index (χ4v) is 5.81. The molecular formula is C24H20ClF3N4O2S. The number of piperidine rings is 1. The molecule has 0 radical (unpaired) electrons. The van der Waals surface area contributed by atoms with Gasteiger partial charge in [0.2, 0.25) is 0 Å². The zero-order valence-corrected chi connectivity index (χ0v) is 19.9. The highest BCUT2D eigenvalue weighted by Gasteiger charge is 2.33. The third kappa shape index (κ3) is 5.05. The Hall–Kier alpha value is -2.95. The number of fused-ring (bicyclic) bond motifs is 1. The summed E-state index contributed by atoms with van der Waals surface area (Å²) in [6, 6.07) is 17.5. The molecule has 35 heavy (non-hydrogen) atoms. The average molecular weight is 521 g/mol. The Morgan fingerprint density at radius 2 is 1.77 bits per heavy atom. The van der Waals surface area contributed by atoms with Crippen LogP contribution in [0, 0.1) is 0 Å². The van der Waals surface area contributed by atoms with Gasteiger partial charge in [0.15, 0.2) is 5.65 Å². The summed E-state index contributed by atoms with van der Waals surface area (Å²) in [6.07, 6.45) is -1.69. The van der Waals surface area contributed by atoms with Crippen molar-refractivity contribution in [2.45, 2.75) is 30.1 Å². The van der Waals surface area contributed by atoms with Crippen LogP contribution in [0.2, 0.25) is 5.02 Å². The van der Waals surface area contributed by atoms with Crippen LogP contribution in [0.15, 0.2) is 71.8 Å². The van der Waals surface area contributed by atoms with Crippen LogP contribution < -0.4 is 4.74 Å². The molecule has 3 heterocycles. The zero-order valence-electron chi connectivity index (χ0n) is 18.3. The topological polar surface area (TPSA) is 60.2 Å². The predicted octanol–water partition coefficient (Wildman–Crippen LogP) is 6.01. The monoisotopic (exact) mass is 520 g/mol. The number of pyridine rings is 1. The normalized spacial score (nSPS) is 16.5. The lowest BCUT2D eigenvalue weighted by molar-refractivity contribution is -0.274. The number of benzene rings is 2. The second-order valence-corrected chi connectivity index (χ2v) is 9.96. The van der Waals surface area contributed by atoms with Crippen LogP contribution in [0.3, 0.4) is 0 Å². The van der Waals surface area contributed by atoms with Crippen LogP contribution in [0.5, 0.6) is 5.75 Å². The number of aromatic nitrogens is 3. The Bertz CT molecular complexity index is 1370.